The number of rotatable bonds is 5. The number of para-hydroxylation sites is 1. The summed E-state index contributed by atoms with van der Waals surface area (Å²) < 4.78 is 32.7. The Morgan fingerprint density at radius 3 is 2.52 bits per heavy atom. The fraction of sp³-hybridized carbons (Fsp3) is 0. The maximum Gasteiger partial charge on any atom is 0.257 e. The molecular weight excluding hydrogens is 394 g/mol. The number of benzene rings is 3. The topological polar surface area (TPSA) is 51.2 Å². The number of ether oxygens (including phenoxy) is 1. The van der Waals surface area contributed by atoms with Crippen LogP contribution in [0.5, 0.6) is 11.5 Å². The van der Waals surface area contributed by atoms with Gasteiger partial charge in [0, 0.05) is 22.6 Å². The summed E-state index contributed by atoms with van der Waals surface area (Å²) in [7, 11) is 0. The Balaban J connectivity index is 1.49. The first-order valence-electron chi connectivity index (χ1n) is 8.64. The number of halogens is 2. The molecule has 4 aromatic rings. The Morgan fingerprint density at radius 2 is 1.72 bits per heavy atom. The van der Waals surface area contributed by atoms with E-state index < -0.39 is 11.6 Å². The third kappa shape index (κ3) is 4.47. The Morgan fingerprint density at radius 1 is 0.931 bits per heavy atom. The van der Waals surface area contributed by atoms with Crippen molar-refractivity contribution in [3.05, 3.63) is 95.4 Å². The summed E-state index contributed by atoms with van der Waals surface area (Å²) in [4.78, 5) is 16.8. The highest BCUT2D eigenvalue weighted by Gasteiger charge is 2.13. The van der Waals surface area contributed by atoms with E-state index in [1.165, 1.54) is 6.07 Å². The molecule has 29 heavy (non-hydrogen) atoms. The molecule has 1 N–H and O–H groups in total. The summed E-state index contributed by atoms with van der Waals surface area (Å²) in [5, 5.41) is 4.59. The first kappa shape index (κ1) is 18.8. The lowest BCUT2D eigenvalue weighted by Gasteiger charge is -2.07. The maximum absolute atomic E-state index is 13.9. The zero-order valence-electron chi connectivity index (χ0n) is 14.9. The van der Waals surface area contributed by atoms with Gasteiger partial charge >= 0.3 is 0 Å². The van der Waals surface area contributed by atoms with Gasteiger partial charge in [-0.1, -0.05) is 24.3 Å². The van der Waals surface area contributed by atoms with Crippen molar-refractivity contribution >= 4 is 22.4 Å². The first-order valence-corrected chi connectivity index (χ1v) is 9.52. The smallest absolute Gasteiger partial charge is 0.257 e. The van der Waals surface area contributed by atoms with Crippen LogP contribution in [-0.4, -0.2) is 10.9 Å². The lowest BCUT2D eigenvalue weighted by Crippen LogP contribution is -2.11. The molecule has 3 aromatic carbocycles. The number of carbonyl (C=O) groups is 1. The SMILES string of the molecule is O=C(Nc1nc(-c2ccc(F)cc2F)cs1)c1cccc(Oc2ccccc2)c1. The largest absolute Gasteiger partial charge is 0.457 e. The zero-order valence-corrected chi connectivity index (χ0v) is 15.7. The molecule has 1 amide bonds. The van der Waals surface area contributed by atoms with Crippen LogP contribution in [0.2, 0.25) is 0 Å². The number of hydrogen-bond acceptors (Lipinski definition) is 4. The summed E-state index contributed by atoms with van der Waals surface area (Å²) in [5.74, 6) is -0.552. The average Bonchev–Trinajstić information content (AvgIpc) is 3.17. The van der Waals surface area contributed by atoms with Crippen LogP contribution in [0.4, 0.5) is 13.9 Å². The molecule has 7 heteroatoms. The van der Waals surface area contributed by atoms with Gasteiger partial charge in [0.1, 0.15) is 23.1 Å². The van der Waals surface area contributed by atoms with Gasteiger partial charge in [0.2, 0.25) is 0 Å². The van der Waals surface area contributed by atoms with E-state index in [1.807, 2.05) is 30.3 Å². The van der Waals surface area contributed by atoms with Crippen molar-refractivity contribution in [2.24, 2.45) is 0 Å². The van der Waals surface area contributed by atoms with Crippen LogP contribution in [-0.2, 0) is 0 Å². The summed E-state index contributed by atoms with van der Waals surface area (Å²) >= 11 is 1.15. The Bertz CT molecular complexity index is 1160. The highest BCUT2D eigenvalue weighted by Crippen LogP contribution is 2.28. The van der Waals surface area contributed by atoms with Gasteiger partial charge in [-0.2, -0.15) is 0 Å². The fourth-order valence-electron chi connectivity index (χ4n) is 2.65. The number of hydrogen-bond donors (Lipinski definition) is 1. The molecule has 4 rings (SSSR count). The number of amides is 1. The molecule has 0 aliphatic rings. The van der Waals surface area contributed by atoms with Gasteiger partial charge in [0.25, 0.3) is 5.91 Å². The number of aromatic nitrogens is 1. The molecule has 1 aromatic heterocycles. The van der Waals surface area contributed by atoms with Gasteiger partial charge in [-0.3, -0.25) is 10.1 Å². The van der Waals surface area contributed by atoms with Crippen LogP contribution < -0.4 is 10.1 Å². The lowest BCUT2D eigenvalue weighted by molar-refractivity contribution is 0.102. The second kappa shape index (κ2) is 8.20. The molecule has 0 bridgehead atoms. The summed E-state index contributed by atoms with van der Waals surface area (Å²) in [6.45, 7) is 0. The molecular formula is C22H14F2N2O2S. The summed E-state index contributed by atoms with van der Waals surface area (Å²) in [6.07, 6.45) is 0. The Labute approximate surface area is 169 Å². The van der Waals surface area contributed by atoms with E-state index >= 15 is 0 Å². The van der Waals surface area contributed by atoms with E-state index in [4.69, 9.17) is 4.74 Å². The van der Waals surface area contributed by atoms with Crippen molar-refractivity contribution in [2.45, 2.75) is 0 Å². The first-order chi connectivity index (χ1) is 14.1. The fourth-order valence-corrected chi connectivity index (χ4v) is 3.35. The second-order valence-corrected chi connectivity index (χ2v) is 6.92. The van der Waals surface area contributed by atoms with Gasteiger partial charge in [-0.15, -0.1) is 11.3 Å². The molecule has 0 atom stereocenters. The number of anilines is 1. The standard InChI is InChI=1S/C22H14F2N2O2S/c23-15-9-10-18(19(24)12-15)20-13-29-22(25-20)26-21(27)14-5-4-8-17(11-14)28-16-6-2-1-3-7-16/h1-13H,(H,25,26,27). The molecule has 0 spiro atoms. The van der Waals surface area contributed by atoms with Crippen molar-refractivity contribution in [2.75, 3.05) is 5.32 Å². The molecule has 0 radical (unpaired) electrons. The molecule has 4 nitrogen and oxygen atoms in total. The summed E-state index contributed by atoms with van der Waals surface area (Å²) in [5.41, 5.74) is 0.883. The predicted molar refractivity (Wildman–Crippen MR) is 108 cm³/mol. The highest BCUT2D eigenvalue weighted by molar-refractivity contribution is 7.14. The van der Waals surface area contributed by atoms with Crippen LogP contribution in [0.1, 0.15) is 10.4 Å². The van der Waals surface area contributed by atoms with E-state index in [-0.39, 0.29) is 11.5 Å². The summed E-state index contributed by atoms with van der Waals surface area (Å²) in [6, 6.07) is 19.3. The molecule has 1 heterocycles. The van der Waals surface area contributed by atoms with Crippen LogP contribution in [0, 0.1) is 11.6 Å². The number of carbonyl (C=O) groups excluding carboxylic acids is 1. The molecule has 0 unspecified atom stereocenters. The van der Waals surface area contributed by atoms with E-state index in [1.54, 1.807) is 29.6 Å². The molecule has 0 fully saturated rings. The second-order valence-electron chi connectivity index (χ2n) is 6.06. The van der Waals surface area contributed by atoms with Crippen LogP contribution in [0.25, 0.3) is 11.3 Å². The molecule has 0 saturated heterocycles. The number of nitrogens with one attached hydrogen (secondary N) is 1. The van der Waals surface area contributed by atoms with E-state index in [0.717, 1.165) is 23.5 Å². The van der Waals surface area contributed by atoms with Crippen LogP contribution in [0.3, 0.4) is 0 Å². The van der Waals surface area contributed by atoms with Crippen molar-refractivity contribution in [1.29, 1.82) is 0 Å². The third-order valence-corrected chi connectivity index (χ3v) is 4.76. The average molecular weight is 408 g/mol. The Hall–Kier alpha value is -3.58. The van der Waals surface area contributed by atoms with Gasteiger partial charge in [-0.05, 0) is 42.5 Å². The zero-order chi connectivity index (χ0) is 20.2. The number of thiazole rings is 1. The highest BCUT2D eigenvalue weighted by atomic mass is 32.1. The molecule has 0 saturated carbocycles. The van der Waals surface area contributed by atoms with Gasteiger partial charge < -0.3 is 4.74 Å². The van der Waals surface area contributed by atoms with Crippen LogP contribution >= 0.6 is 11.3 Å². The van der Waals surface area contributed by atoms with Gasteiger partial charge in [0.05, 0.1) is 5.69 Å². The minimum atomic E-state index is -0.709. The molecule has 0 aliphatic carbocycles. The maximum atomic E-state index is 13.9. The monoisotopic (exact) mass is 408 g/mol. The normalized spacial score (nSPS) is 10.6. The van der Waals surface area contributed by atoms with Crippen molar-refractivity contribution < 1.29 is 18.3 Å². The lowest BCUT2D eigenvalue weighted by atomic mass is 10.1. The molecule has 0 aliphatic heterocycles. The number of nitrogens with zero attached hydrogens (tertiary/aromatic N) is 1. The van der Waals surface area contributed by atoms with Gasteiger partial charge in [0.15, 0.2) is 5.13 Å². The van der Waals surface area contributed by atoms with Crippen molar-refractivity contribution in [3.63, 3.8) is 0 Å². The van der Waals surface area contributed by atoms with Crippen LogP contribution in [0.15, 0.2) is 78.2 Å². The Kier molecular flexibility index (Phi) is 5.31. The minimum Gasteiger partial charge on any atom is -0.457 e. The van der Waals surface area contributed by atoms with Gasteiger partial charge in [-0.25, -0.2) is 13.8 Å². The van der Waals surface area contributed by atoms with Crippen molar-refractivity contribution in [3.8, 4) is 22.8 Å². The minimum absolute atomic E-state index is 0.168. The third-order valence-electron chi connectivity index (χ3n) is 4.01. The predicted octanol–water partition coefficient (Wildman–Crippen LogP) is 6.13. The molecule has 144 valence electrons. The quantitative estimate of drug-likeness (QED) is 0.432. The van der Waals surface area contributed by atoms with E-state index in [0.29, 0.717) is 27.9 Å². The van der Waals surface area contributed by atoms with E-state index in [9.17, 15) is 13.6 Å². The van der Waals surface area contributed by atoms with Crippen molar-refractivity contribution in [1.82, 2.24) is 4.98 Å². The van der Waals surface area contributed by atoms with E-state index in [2.05, 4.69) is 10.3 Å².